The van der Waals surface area contributed by atoms with E-state index in [1.54, 1.807) is 19.1 Å². The van der Waals surface area contributed by atoms with Gasteiger partial charge in [-0.2, -0.15) is 8.42 Å². The van der Waals surface area contributed by atoms with Crippen LogP contribution in [0.3, 0.4) is 0 Å². The van der Waals surface area contributed by atoms with E-state index in [1.807, 2.05) is 26.0 Å². The summed E-state index contributed by atoms with van der Waals surface area (Å²) in [5.74, 6) is 0. The lowest BCUT2D eigenvalue weighted by molar-refractivity contribution is 0.483. The van der Waals surface area contributed by atoms with Gasteiger partial charge >= 0.3 is 0 Å². The summed E-state index contributed by atoms with van der Waals surface area (Å²) >= 11 is 0. The van der Waals surface area contributed by atoms with Crippen LogP contribution < -0.4 is 0 Å². The van der Waals surface area contributed by atoms with Crippen molar-refractivity contribution in [1.82, 2.24) is 0 Å². The normalized spacial score (nSPS) is 12.0. The number of benzene rings is 2. The highest BCUT2D eigenvalue weighted by molar-refractivity contribution is 7.86. The van der Waals surface area contributed by atoms with Gasteiger partial charge in [-0.15, -0.1) is 0 Å². The maximum Gasteiger partial charge on any atom is 0.295 e. The van der Waals surface area contributed by atoms with Gasteiger partial charge in [-0.3, -0.25) is 4.55 Å². The van der Waals surface area contributed by atoms with Gasteiger partial charge in [0.2, 0.25) is 0 Å². The van der Waals surface area contributed by atoms with Crippen LogP contribution in [-0.4, -0.2) is 13.0 Å². The van der Waals surface area contributed by atoms with E-state index in [9.17, 15) is 13.0 Å². The van der Waals surface area contributed by atoms with Gasteiger partial charge in [0.25, 0.3) is 10.1 Å². The molecule has 0 amide bonds. The Morgan fingerprint density at radius 1 is 0.882 bits per heavy atom. The van der Waals surface area contributed by atoms with Crippen molar-refractivity contribution in [3.63, 3.8) is 0 Å². The molecule has 0 radical (unpaired) electrons. The molecule has 0 aliphatic heterocycles. The molecule has 0 atom stereocenters. The highest BCUT2D eigenvalue weighted by atomic mass is 32.2. The first-order chi connectivity index (χ1) is 7.84. The van der Waals surface area contributed by atoms with Crippen molar-refractivity contribution in [2.45, 2.75) is 25.7 Å². The van der Waals surface area contributed by atoms with E-state index in [1.165, 1.54) is 0 Å². The van der Waals surface area contributed by atoms with Crippen LogP contribution >= 0.6 is 0 Å². The van der Waals surface area contributed by atoms with E-state index in [4.69, 9.17) is 0 Å². The quantitative estimate of drug-likeness (QED) is 0.791. The minimum absolute atomic E-state index is 0.0243. The number of hydrogen-bond donors (Lipinski definition) is 1. The van der Waals surface area contributed by atoms with Crippen molar-refractivity contribution in [3.8, 4) is 0 Å². The fourth-order valence-corrected chi connectivity index (χ4v) is 3.19. The third-order valence-electron chi connectivity index (χ3n) is 3.30. The second-order valence-corrected chi connectivity index (χ2v) is 5.58. The topological polar surface area (TPSA) is 54.4 Å². The third kappa shape index (κ3) is 1.83. The van der Waals surface area contributed by atoms with Gasteiger partial charge in [-0.1, -0.05) is 24.3 Å². The zero-order chi connectivity index (χ0) is 12.8. The number of hydrogen-bond acceptors (Lipinski definition) is 2. The van der Waals surface area contributed by atoms with E-state index in [2.05, 4.69) is 0 Å². The summed E-state index contributed by atoms with van der Waals surface area (Å²) in [5.41, 5.74) is 2.56. The number of fused-ring (bicyclic) bond motifs is 1. The third-order valence-corrected chi connectivity index (χ3v) is 4.34. The van der Waals surface area contributed by atoms with Crippen LogP contribution in [0.1, 0.15) is 16.7 Å². The molecule has 2 rings (SSSR count). The maximum atomic E-state index is 11.5. The van der Waals surface area contributed by atoms with Gasteiger partial charge in [0, 0.05) is 5.39 Å². The number of rotatable bonds is 1. The molecule has 90 valence electrons. The van der Waals surface area contributed by atoms with Gasteiger partial charge in [-0.25, -0.2) is 0 Å². The molecule has 4 heteroatoms. The molecule has 2 aromatic carbocycles. The van der Waals surface area contributed by atoms with Crippen LogP contribution in [0.2, 0.25) is 0 Å². The molecule has 0 saturated carbocycles. The predicted octanol–water partition coefficient (Wildman–Crippen LogP) is 3.01. The van der Waals surface area contributed by atoms with E-state index >= 15 is 0 Å². The first-order valence-electron chi connectivity index (χ1n) is 5.30. The highest BCUT2D eigenvalue weighted by Gasteiger charge is 2.20. The summed E-state index contributed by atoms with van der Waals surface area (Å²) < 4.78 is 32.3. The SMILES string of the molecule is Cc1c(C)c(S(=O)(=O)O)c2ccccc2c1C. The average molecular weight is 250 g/mol. The van der Waals surface area contributed by atoms with Crippen molar-refractivity contribution in [1.29, 1.82) is 0 Å². The molecular weight excluding hydrogens is 236 g/mol. The Bertz CT molecular complexity index is 700. The summed E-state index contributed by atoms with van der Waals surface area (Å²) in [6.07, 6.45) is 0. The first-order valence-corrected chi connectivity index (χ1v) is 6.74. The molecule has 0 aromatic heterocycles. The minimum Gasteiger partial charge on any atom is -0.282 e. The summed E-state index contributed by atoms with van der Waals surface area (Å²) in [5, 5.41) is 1.44. The Morgan fingerprint density at radius 2 is 1.41 bits per heavy atom. The molecule has 0 aliphatic rings. The van der Waals surface area contributed by atoms with Crippen molar-refractivity contribution < 1.29 is 13.0 Å². The monoisotopic (exact) mass is 250 g/mol. The second-order valence-electron chi connectivity index (χ2n) is 4.22. The van der Waals surface area contributed by atoms with Crippen LogP contribution in [0, 0.1) is 20.8 Å². The van der Waals surface area contributed by atoms with E-state index in [0.717, 1.165) is 16.5 Å². The molecule has 17 heavy (non-hydrogen) atoms. The minimum atomic E-state index is -4.20. The van der Waals surface area contributed by atoms with Crippen LogP contribution in [0.5, 0.6) is 0 Å². The molecule has 1 N–H and O–H groups in total. The molecule has 0 bridgehead atoms. The smallest absolute Gasteiger partial charge is 0.282 e. The van der Waals surface area contributed by atoms with E-state index in [0.29, 0.717) is 10.9 Å². The van der Waals surface area contributed by atoms with Crippen molar-refractivity contribution in [2.24, 2.45) is 0 Å². The average Bonchev–Trinajstić information content (AvgIpc) is 2.24. The molecule has 0 spiro atoms. The Labute approximate surface area is 101 Å². The standard InChI is InChI=1S/C13H14O3S/c1-8-9(2)11-6-4-5-7-12(11)13(10(8)3)17(14,15)16/h4-7H,1-3H3,(H,14,15,16). The predicted molar refractivity (Wildman–Crippen MR) is 68.0 cm³/mol. The maximum absolute atomic E-state index is 11.5. The van der Waals surface area contributed by atoms with Gasteiger partial charge in [0.15, 0.2) is 0 Å². The number of aryl methyl sites for hydroxylation is 1. The largest absolute Gasteiger partial charge is 0.295 e. The van der Waals surface area contributed by atoms with Crippen LogP contribution in [0.25, 0.3) is 10.8 Å². The van der Waals surface area contributed by atoms with Gasteiger partial charge in [0.1, 0.15) is 4.90 Å². The summed E-state index contributed by atoms with van der Waals surface area (Å²) in [6.45, 7) is 5.54. The fourth-order valence-electron chi connectivity index (χ4n) is 2.20. The Balaban J connectivity index is 3.12. The molecule has 0 fully saturated rings. The molecule has 3 nitrogen and oxygen atoms in total. The Kier molecular flexibility index (Phi) is 2.72. The highest BCUT2D eigenvalue weighted by Crippen LogP contribution is 2.32. The Morgan fingerprint density at radius 3 is 1.94 bits per heavy atom. The lowest BCUT2D eigenvalue weighted by Crippen LogP contribution is -2.05. The van der Waals surface area contributed by atoms with Crippen LogP contribution in [0.15, 0.2) is 29.2 Å². The molecular formula is C13H14O3S. The zero-order valence-corrected chi connectivity index (χ0v) is 10.8. The van der Waals surface area contributed by atoms with Crippen molar-refractivity contribution in [3.05, 3.63) is 41.0 Å². The lowest BCUT2D eigenvalue weighted by atomic mass is 9.96. The van der Waals surface area contributed by atoms with Gasteiger partial charge < -0.3 is 0 Å². The van der Waals surface area contributed by atoms with Crippen molar-refractivity contribution >= 4 is 20.9 Å². The summed E-state index contributed by atoms with van der Waals surface area (Å²) in [6, 6.07) is 7.22. The molecule has 0 saturated heterocycles. The van der Waals surface area contributed by atoms with Gasteiger partial charge in [-0.05, 0) is 42.8 Å². The Hall–Kier alpha value is -1.39. The molecule has 0 aliphatic carbocycles. The van der Waals surface area contributed by atoms with Gasteiger partial charge in [0.05, 0.1) is 0 Å². The molecule has 0 unspecified atom stereocenters. The van der Waals surface area contributed by atoms with E-state index in [-0.39, 0.29) is 4.90 Å². The molecule has 2 aromatic rings. The van der Waals surface area contributed by atoms with Crippen LogP contribution in [-0.2, 0) is 10.1 Å². The first kappa shape index (κ1) is 12.1. The summed E-state index contributed by atoms with van der Waals surface area (Å²) in [7, 11) is -4.20. The van der Waals surface area contributed by atoms with Crippen molar-refractivity contribution in [2.75, 3.05) is 0 Å². The second kappa shape index (κ2) is 3.82. The van der Waals surface area contributed by atoms with E-state index < -0.39 is 10.1 Å². The fraction of sp³-hybridized carbons (Fsp3) is 0.231. The summed E-state index contributed by atoms with van der Waals surface area (Å²) in [4.78, 5) is 0.0243. The molecule has 0 heterocycles. The van der Waals surface area contributed by atoms with Crippen LogP contribution in [0.4, 0.5) is 0 Å². The zero-order valence-electron chi connectivity index (χ0n) is 9.98. The lowest BCUT2D eigenvalue weighted by Gasteiger charge is -2.14.